The van der Waals surface area contributed by atoms with Crippen molar-refractivity contribution in [3.8, 4) is 11.1 Å². The molecule has 2 rings (SSSR count). The van der Waals surface area contributed by atoms with Crippen LogP contribution in [0.1, 0.15) is 57.5 Å². The molecule has 0 aliphatic rings. The van der Waals surface area contributed by atoms with Gasteiger partial charge in [0, 0.05) is 6.04 Å². The quantitative estimate of drug-likeness (QED) is 0.775. The molecule has 3 nitrogen and oxygen atoms in total. The summed E-state index contributed by atoms with van der Waals surface area (Å²) in [5.74, 6) is -0.295. The minimum atomic E-state index is -0.480. The van der Waals surface area contributed by atoms with E-state index in [1.54, 1.807) is 12.1 Å². The maximum Gasteiger partial charge on any atom is 0.338 e. The summed E-state index contributed by atoms with van der Waals surface area (Å²) in [4.78, 5) is 12.0. The van der Waals surface area contributed by atoms with Crippen molar-refractivity contribution in [1.82, 2.24) is 0 Å². The summed E-state index contributed by atoms with van der Waals surface area (Å²) in [6, 6.07) is 16.0. The molecule has 3 heteroatoms. The highest BCUT2D eigenvalue weighted by Gasteiger charge is 2.17. The van der Waals surface area contributed by atoms with Gasteiger partial charge in [-0.15, -0.1) is 0 Å². The van der Waals surface area contributed by atoms with Crippen LogP contribution in [-0.4, -0.2) is 17.6 Å². The highest BCUT2D eigenvalue weighted by atomic mass is 16.6. The molecule has 0 heterocycles. The molecule has 0 radical (unpaired) electrons. The lowest BCUT2D eigenvalue weighted by Crippen LogP contribution is -2.23. The van der Waals surface area contributed by atoms with Crippen molar-refractivity contribution in [2.45, 2.75) is 59.6 Å². The fraction of sp³-hybridized carbons (Fsp3) is 0.409. The summed E-state index contributed by atoms with van der Waals surface area (Å²) in [6.07, 6.45) is 0.873. The molecule has 0 fully saturated rings. The molecule has 1 atom stereocenters. The Morgan fingerprint density at radius 2 is 1.40 bits per heavy atom. The van der Waals surface area contributed by atoms with Crippen LogP contribution in [-0.2, 0) is 11.2 Å². The van der Waals surface area contributed by atoms with E-state index in [9.17, 15) is 4.79 Å². The van der Waals surface area contributed by atoms with Gasteiger partial charge in [0.2, 0.25) is 0 Å². The molecule has 136 valence electrons. The number of esters is 1. The smallest absolute Gasteiger partial charge is 0.338 e. The second-order valence-electron chi connectivity index (χ2n) is 6.96. The first kappa shape index (κ1) is 20.9. The van der Waals surface area contributed by atoms with E-state index < -0.39 is 5.60 Å². The van der Waals surface area contributed by atoms with E-state index in [2.05, 4.69) is 24.3 Å². The normalized spacial score (nSPS) is 12.0. The summed E-state index contributed by atoms with van der Waals surface area (Å²) in [7, 11) is 0. The Bertz CT molecular complexity index is 650. The molecular weight excluding hydrogens is 310 g/mol. The third-order valence-corrected chi connectivity index (χ3v) is 3.36. The topological polar surface area (TPSA) is 52.3 Å². The first-order valence-electron chi connectivity index (χ1n) is 8.93. The molecule has 0 amide bonds. The zero-order valence-electron chi connectivity index (χ0n) is 16.3. The predicted octanol–water partition coefficient (Wildman–Crippen LogP) is 5.22. The van der Waals surface area contributed by atoms with Crippen molar-refractivity contribution in [3.05, 3.63) is 59.7 Å². The summed E-state index contributed by atoms with van der Waals surface area (Å²) < 4.78 is 5.37. The Labute approximate surface area is 152 Å². The lowest BCUT2D eigenvalue weighted by molar-refractivity contribution is 0.00695. The van der Waals surface area contributed by atoms with Gasteiger partial charge in [0.1, 0.15) is 5.60 Å². The van der Waals surface area contributed by atoms with Gasteiger partial charge in [-0.1, -0.05) is 50.2 Å². The van der Waals surface area contributed by atoms with Gasteiger partial charge in [0.05, 0.1) is 5.56 Å². The number of carbonyl (C=O) groups is 1. The average Bonchev–Trinajstić information content (AvgIpc) is 2.55. The van der Waals surface area contributed by atoms with E-state index in [1.807, 2.05) is 53.7 Å². The monoisotopic (exact) mass is 341 g/mol. The van der Waals surface area contributed by atoms with Crippen molar-refractivity contribution in [1.29, 1.82) is 0 Å². The molecular formula is C22H31NO2. The molecule has 1 unspecified atom stereocenters. The molecule has 2 N–H and O–H groups in total. The Kier molecular flexibility index (Phi) is 7.85. The lowest BCUT2D eigenvalue weighted by atomic mass is 10.0. The standard InChI is InChI=1S/C20H25NO2.C2H6/c1-14(21)13-15-5-7-16(8-6-15)17-9-11-18(12-10-17)19(22)23-20(2,3)4;1-2/h5-12,14H,13,21H2,1-4H3;1-2H3. The van der Waals surface area contributed by atoms with Crippen molar-refractivity contribution < 1.29 is 9.53 Å². The van der Waals surface area contributed by atoms with Gasteiger partial charge in [0.25, 0.3) is 0 Å². The zero-order valence-corrected chi connectivity index (χ0v) is 16.3. The average molecular weight is 341 g/mol. The summed E-state index contributed by atoms with van der Waals surface area (Å²) >= 11 is 0. The number of carbonyl (C=O) groups excluding carboxylic acids is 1. The minimum absolute atomic E-state index is 0.161. The molecule has 2 aromatic rings. The van der Waals surface area contributed by atoms with E-state index in [0.717, 1.165) is 17.5 Å². The second kappa shape index (κ2) is 9.38. The lowest BCUT2D eigenvalue weighted by Gasteiger charge is -2.19. The highest BCUT2D eigenvalue weighted by molar-refractivity contribution is 5.90. The van der Waals surface area contributed by atoms with E-state index in [-0.39, 0.29) is 12.0 Å². The minimum Gasteiger partial charge on any atom is -0.456 e. The number of rotatable bonds is 4. The van der Waals surface area contributed by atoms with E-state index in [0.29, 0.717) is 5.56 Å². The van der Waals surface area contributed by atoms with Crippen molar-refractivity contribution >= 4 is 5.97 Å². The van der Waals surface area contributed by atoms with Gasteiger partial charge in [-0.3, -0.25) is 0 Å². The number of nitrogens with two attached hydrogens (primary N) is 1. The largest absolute Gasteiger partial charge is 0.456 e. The van der Waals surface area contributed by atoms with Crippen LogP contribution in [0.25, 0.3) is 11.1 Å². The van der Waals surface area contributed by atoms with Crippen LogP contribution in [0.5, 0.6) is 0 Å². The molecule has 0 aliphatic heterocycles. The maximum atomic E-state index is 12.0. The van der Waals surface area contributed by atoms with Crippen LogP contribution in [0.4, 0.5) is 0 Å². The molecule has 0 saturated carbocycles. The van der Waals surface area contributed by atoms with Crippen molar-refractivity contribution in [2.24, 2.45) is 5.73 Å². The van der Waals surface area contributed by atoms with Crippen molar-refractivity contribution in [3.63, 3.8) is 0 Å². The molecule has 0 bridgehead atoms. The summed E-state index contributed by atoms with van der Waals surface area (Å²) in [6.45, 7) is 11.6. The van der Waals surface area contributed by atoms with Gasteiger partial charge in [-0.25, -0.2) is 4.79 Å². The Balaban J connectivity index is 0.00000151. The van der Waals surface area contributed by atoms with Crippen LogP contribution in [0, 0.1) is 0 Å². The van der Waals surface area contributed by atoms with E-state index in [4.69, 9.17) is 10.5 Å². The van der Waals surface area contributed by atoms with E-state index in [1.165, 1.54) is 5.56 Å². The van der Waals surface area contributed by atoms with Gasteiger partial charge < -0.3 is 10.5 Å². The zero-order chi connectivity index (χ0) is 19.0. The Hall–Kier alpha value is -2.13. The predicted molar refractivity (Wildman–Crippen MR) is 106 cm³/mol. The molecule has 0 saturated heterocycles. The SMILES string of the molecule is CC.CC(N)Cc1ccc(-c2ccc(C(=O)OC(C)(C)C)cc2)cc1. The van der Waals surface area contributed by atoms with Gasteiger partial charge in [0.15, 0.2) is 0 Å². The maximum absolute atomic E-state index is 12.0. The number of hydrogen-bond donors (Lipinski definition) is 1. The second-order valence-corrected chi connectivity index (χ2v) is 6.96. The van der Waals surface area contributed by atoms with Crippen molar-refractivity contribution in [2.75, 3.05) is 0 Å². The Morgan fingerprint density at radius 3 is 1.80 bits per heavy atom. The fourth-order valence-electron chi connectivity index (χ4n) is 2.34. The van der Waals surface area contributed by atoms with Crippen LogP contribution < -0.4 is 5.73 Å². The molecule has 25 heavy (non-hydrogen) atoms. The van der Waals surface area contributed by atoms with Crippen LogP contribution >= 0.6 is 0 Å². The number of benzene rings is 2. The first-order valence-corrected chi connectivity index (χ1v) is 8.93. The molecule has 2 aromatic carbocycles. The number of ether oxygens (including phenoxy) is 1. The fourth-order valence-corrected chi connectivity index (χ4v) is 2.34. The Morgan fingerprint density at radius 1 is 0.960 bits per heavy atom. The molecule has 0 spiro atoms. The van der Waals surface area contributed by atoms with Crippen LogP contribution in [0.3, 0.4) is 0 Å². The number of hydrogen-bond acceptors (Lipinski definition) is 3. The van der Waals surface area contributed by atoms with Crippen LogP contribution in [0.2, 0.25) is 0 Å². The van der Waals surface area contributed by atoms with Crippen LogP contribution in [0.15, 0.2) is 48.5 Å². The summed E-state index contributed by atoms with van der Waals surface area (Å²) in [5.41, 5.74) is 9.33. The first-order chi connectivity index (χ1) is 11.7. The molecule has 0 aliphatic carbocycles. The van der Waals surface area contributed by atoms with Gasteiger partial charge >= 0.3 is 5.97 Å². The van der Waals surface area contributed by atoms with Gasteiger partial charge in [-0.05, 0) is 62.9 Å². The van der Waals surface area contributed by atoms with E-state index >= 15 is 0 Å². The highest BCUT2D eigenvalue weighted by Crippen LogP contribution is 2.22. The molecule has 0 aromatic heterocycles. The van der Waals surface area contributed by atoms with Gasteiger partial charge in [-0.2, -0.15) is 0 Å². The third-order valence-electron chi connectivity index (χ3n) is 3.36. The third kappa shape index (κ3) is 7.10. The summed E-state index contributed by atoms with van der Waals surface area (Å²) in [5, 5.41) is 0.